The van der Waals surface area contributed by atoms with Crippen molar-refractivity contribution in [2.45, 2.75) is 32.2 Å². The van der Waals surface area contributed by atoms with Crippen molar-refractivity contribution in [3.05, 3.63) is 0 Å². The van der Waals surface area contributed by atoms with Gasteiger partial charge >= 0.3 is 6.03 Å². The van der Waals surface area contributed by atoms with Crippen LogP contribution in [0.4, 0.5) is 4.79 Å². The van der Waals surface area contributed by atoms with Crippen LogP contribution < -0.4 is 10.6 Å². The minimum absolute atomic E-state index is 0.111. The Bertz CT molecular complexity index is 184. The van der Waals surface area contributed by atoms with Crippen LogP contribution in [0.1, 0.15) is 26.2 Å². The van der Waals surface area contributed by atoms with Gasteiger partial charge in [0.2, 0.25) is 0 Å². The van der Waals surface area contributed by atoms with Gasteiger partial charge in [-0.15, -0.1) is 0 Å². The van der Waals surface area contributed by atoms with Crippen LogP contribution >= 0.6 is 0 Å². The molecule has 1 aliphatic heterocycles. The lowest BCUT2D eigenvalue weighted by Crippen LogP contribution is -2.30. The van der Waals surface area contributed by atoms with E-state index in [2.05, 4.69) is 17.6 Å². The molecule has 1 atom stereocenters. The van der Waals surface area contributed by atoms with E-state index in [1.165, 1.54) is 0 Å². The summed E-state index contributed by atoms with van der Waals surface area (Å²) in [7, 11) is 1.93. The number of carbonyl (C=O) groups is 1. The summed E-state index contributed by atoms with van der Waals surface area (Å²) in [5.41, 5.74) is 0. The van der Waals surface area contributed by atoms with E-state index in [1.54, 1.807) is 0 Å². The topological polar surface area (TPSA) is 44.4 Å². The molecule has 0 aromatic rings. The molecular weight excluding hydrogens is 178 g/mol. The van der Waals surface area contributed by atoms with Crippen LogP contribution in [0.3, 0.4) is 0 Å². The van der Waals surface area contributed by atoms with E-state index < -0.39 is 0 Å². The summed E-state index contributed by atoms with van der Waals surface area (Å²) in [6.07, 6.45) is 3.26. The second-order valence-electron chi connectivity index (χ2n) is 3.84. The van der Waals surface area contributed by atoms with E-state index in [4.69, 9.17) is 0 Å². The molecule has 0 aliphatic carbocycles. The number of amides is 2. The summed E-state index contributed by atoms with van der Waals surface area (Å²) < 4.78 is 0. The molecule has 0 bridgehead atoms. The molecule has 4 heteroatoms. The summed E-state index contributed by atoms with van der Waals surface area (Å²) in [4.78, 5) is 13.4. The molecule has 0 radical (unpaired) electrons. The second kappa shape index (κ2) is 5.86. The van der Waals surface area contributed by atoms with Crippen molar-refractivity contribution in [1.82, 2.24) is 15.5 Å². The van der Waals surface area contributed by atoms with Crippen molar-refractivity contribution in [2.24, 2.45) is 0 Å². The number of hydrogen-bond acceptors (Lipinski definition) is 2. The van der Waals surface area contributed by atoms with E-state index in [0.717, 1.165) is 38.9 Å². The summed E-state index contributed by atoms with van der Waals surface area (Å²) >= 11 is 0. The number of nitrogens with zero attached hydrogens (tertiary/aromatic N) is 1. The molecule has 0 aromatic heterocycles. The van der Waals surface area contributed by atoms with Crippen LogP contribution in [-0.4, -0.2) is 43.7 Å². The Hall–Kier alpha value is -0.770. The van der Waals surface area contributed by atoms with E-state index in [1.807, 2.05) is 11.9 Å². The zero-order chi connectivity index (χ0) is 10.4. The maximum atomic E-state index is 11.4. The van der Waals surface area contributed by atoms with Crippen molar-refractivity contribution < 1.29 is 4.79 Å². The molecule has 14 heavy (non-hydrogen) atoms. The first-order chi connectivity index (χ1) is 6.77. The molecular formula is C10H21N3O. The summed E-state index contributed by atoms with van der Waals surface area (Å²) in [6.45, 7) is 4.88. The predicted molar refractivity (Wildman–Crippen MR) is 57.3 cm³/mol. The van der Waals surface area contributed by atoms with Crippen molar-refractivity contribution in [3.8, 4) is 0 Å². The zero-order valence-electron chi connectivity index (χ0n) is 9.18. The zero-order valence-corrected chi connectivity index (χ0v) is 9.18. The first-order valence-corrected chi connectivity index (χ1v) is 5.48. The number of carbonyl (C=O) groups excluding carboxylic acids is 1. The summed E-state index contributed by atoms with van der Waals surface area (Å²) in [5.74, 6) is 0. The Morgan fingerprint density at radius 3 is 3.07 bits per heavy atom. The van der Waals surface area contributed by atoms with Crippen LogP contribution in [0.2, 0.25) is 0 Å². The fraction of sp³-hybridized carbons (Fsp3) is 0.900. The fourth-order valence-electron chi connectivity index (χ4n) is 1.81. The number of urea groups is 1. The van der Waals surface area contributed by atoms with Crippen molar-refractivity contribution in [3.63, 3.8) is 0 Å². The highest BCUT2D eigenvalue weighted by atomic mass is 16.2. The van der Waals surface area contributed by atoms with Crippen molar-refractivity contribution >= 4 is 6.03 Å². The van der Waals surface area contributed by atoms with Gasteiger partial charge in [0.05, 0.1) is 0 Å². The second-order valence-corrected chi connectivity index (χ2v) is 3.84. The van der Waals surface area contributed by atoms with E-state index >= 15 is 0 Å². The van der Waals surface area contributed by atoms with Crippen molar-refractivity contribution in [1.29, 1.82) is 0 Å². The molecule has 4 nitrogen and oxygen atoms in total. The highest BCUT2D eigenvalue weighted by molar-refractivity contribution is 5.76. The van der Waals surface area contributed by atoms with E-state index in [-0.39, 0.29) is 6.03 Å². The first kappa shape index (κ1) is 11.3. The van der Waals surface area contributed by atoms with Gasteiger partial charge in [-0.25, -0.2) is 4.79 Å². The molecule has 1 unspecified atom stereocenters. The summed E-state index contributed by atoms with van der Waals surface area (Å²) in [6, 6.07) is 0.488. The lowest BCUT2D eigenvalue weighted by atomic mass is 10.2. The molecule has 1 fully saturated rings. The molecule has 1 heterocycles. The molecule has 0 aromatic carbocycles. The fourth-order valence-corrected chi connectivity index (χ4v) is 1.81. The lowest BCUT2D eigenvalue weighted by molar-refractivity contribution is 0.217. The van der Waals surface area contributed by atoms with Gasteiger partial charge in [0.1, 0.15) is 0 Å². The van der Waals surface area contributed by atoms with Crippen LogP contribution in [0.25, 0.3) is 0 Å². The predicted octanol–water partition coefficient (Wildman–Crippen LogP) is 0.790. The van der Waals surface area contributed by atoms with E-state index in [0.29, 0.717) is 6.04 Å². The normalized spacial score (nSPS) is 21.4. The van der Waals surface area contributed by atoms with Crippen molar-refractivity contribution in [2.75, 3.05) is 26.7 Å². The largest absolute Gasteiger partial charge is 0.333 e. The molecule has 1 rings (SSSR count). The third-order valence-corrected chi connectivity index (χ3v) is 2.55. The molecule has 1 saturated heterocycles. The highest BCUT2D eigenvalue weighted by Gasteiger charge is 2.26. The Morgan fingerprint density at radius 2 is 2.43 bits per heavy atom. The average Bonchev–Trinajstić information content (AvgIpc) is 2.48. The van der Waals surface area contributed by atoms with Gasteiger partial charge in [0.15, 0.2) is 0 Å². The summed E-state index contributed by atoms with van der Waals surface area (Å²) in [5, 5.41) is 6.08. The number of nitrogens with one attached hydrogen (secondary N) is 2. The monoisotopic (exact) mass is 199 g/mol. The Labute approximate surface area is 86.0 Å². The molecule has 0 spiro atoms. The maximum Gasteiger partial charge on any atom is 0.317 e. The number of hydrogen-bond donors (Lipinski definition) is 2. The van der Waals surface area contributed by atoms with Crippen LogP contribution in [0.5, 0.6) is 0 Å². The van der Waals surface area contributed by atoms with Crippen LogP contribution in [0, 0.1) is 0 Å². The quantitative estimate of drug-likeness (QED) is 0.621. The average molecular weight is 199 g/mol. The minimum atomic E-state index is 0.111. The SMILES string of the molecule is CCCC1CN(CCCNC)C(=O)N1. The standard InChI is InChI=1S/C10H21N3O/c1-3-5-9-8-13(10(14)12-9)7-4-6-11-2/h9,11H,3-8H2,1-2H3,(H,12,14). The maximum absolute atomic E-state index is 11.4. The van der Waals surface area contributed by atoms with Gasteiger partial charge in [-0.2, -0.15) is 0 Å². The van der Waals surface area contributed by atoms with Gasteiger partial charge < -0.3 is 15.5 Å². The molecule has 2 amide bonds. The van der Waals surface area contributed by atoms with Gasteiger partial charge in [0.25, 0.3) is 0 Å². The van der Waals surface area contributed by atoms with Crippen LogP contribution in [-0.2, 0) is 0 Å². The van der Waals surface area contributed by atoms with Crippen LogP contribution in [0.15, 0.2) is 0 Å². The van der Waals surface area contributed by atoms with Gasteiger partial charge in [-0.1, -0.05) is 13.3 Å². The number of rotatable bonds is 6. The first-order valence-electron chi connectivity index (χ1n) is 5.48. The molecule has 0 saturated carbocycles. The van der Waals surface area contributed by atoms with Gasteiger partial charge in [-0.05, 0) is 26.4 Å². The Balaban J connectivity index is 2.22. The minimum Gasteiger partial charge on any atom is -0.333 e. The third kappa shape index (κ3) is 3.18. The van der Waals surface area contributed by atoms with E-state index in [9.17, 15) is 4.79 Å². The lowest BCUT2D eigenvalue weighted by Gasteiger charge is -2.13. The van der Waals surface area contributed by atoms with Gasteiger partial charge in [0, 0.05) is 19.1 Å². The molecule has 2 N–H and O–H groups in total. The smallest absolute Gasteiger partial charge is 0.317 e. The third-order valence-electron chi connectivity index (χ3n) is 2.55. The van der Waals surface area contributed by atoms with Gasteiger partial charge in [-0.3, -0.25) is 0 Å². The highest BCUT2D eigenvalue weighted by Crippen LogP contribution is 2.08. The molecule has 82 valence electrons. The Kier molecular flexibility index (Phi) is 4.73. The molecule has 1 aliphatic rings. The Morgan fingerprint density at radius 1 is 1.64 bits per heavy atom.